The summed E-state index contributed by atoms with van der Waals surface area (Å²) in [5, 5.41) is 9.25. The van der Waals surface area contributed by atoms with Crippen molar-refractivity contribution in [3.8, 4) is 0 Å². The lowest BCUT2D eigenvalue weighted by Gasteiger charge is -2.34. The fraction of sp³-hybridized carbons (Fsp3) is 0.429. The lowest BCUT2D eigenvalue weighted by atomic mass is 10.0. The van der Waals surface area contributed by atoms with Crippen LogP contribution in [0.4, 0.5) is 0 Å². The zero-order chi connectivity index (χ0) is 14.6. The zero-order valence-electron chi connectivity index (χ0n) is 11.5. The average Bonchev–Trinajstić information content (AvgIpc) is 2.38. The van der Waals surface area contributed by atoms with Crippen molar-refractivity contribution in [1.29, 1.82) is 0 Å². The van der Waals surface area contributed by atoms with Gasteiger partial charge in [0.25, 0.3) is 0 Å². The van der Waals surface area contributed by atoms with Crippen LogP contribution in [0.1, 0.15) is 25.0 Å². The monoisotopic (exact) mass is 280 g/mol. The summed E-state index contributed by atoms with van der Waals surface area (Å²) in [7, 11) is 1.70. The Morgan fingerprint density at radius 2 is 1.89 bits per heavy atom. The van der Waals surface area contributed by atoms with E-state index in [0.717, 1.165) is 11.1 Å². The number of nitrogens with two attached hydrogens (primary N) is 1. The quantitative estimate of drug-likeness (QED) is 0.793. The average molecular weight is 280 g/mol. The number of likely N-dealkylation sites (N-methyl/N-ethyl adjacent to an activating group) is 1. The number of nitrogens with zero attached hydrogens (tertiary/aromatic N) is 1. The van der Waals surface area contributed by atoms with Gasteiger partial charge in [-0.15, -0.1) is 0 Å². The van der Waals surface area contributed by atoms with Gasteiger partial charge in [0.1, 0.15) is 4.99 Å². The largest absolute Gasteiger partial charge is 0.394 e. The zero-order valence-corrected chi connectivity index (χ0v) is 12.3. The summed E-state index contributed by atoms with van der Waals surface area (Å²) in [5.74, 6) is -0.0397. The summed E-state index contributed by atoms with van der Waals surface area (Å²) in [6, 6.07) is 7.29. The Balaban J connectivity index is 2.74. The van der Waals surface area contributed by atoms with Crippen molar-refractivity contribution in [2.45, 2.75) is 25.8 Å². The van der Waals surface area contributed by atoms with Crippen molar-refractivity contribution in [1.82, 2.24) is 4.90 Å². The molecule has 0 atom stereocenters. The van der Waals surface area contributed by atoms with E-state index in [2.05, 4.69) is 0 Å². The molecule has 0 aliphatic rings. The molecule has 0 bridgehead atoms. The maximum absolute atomic E-state index is 12.1. The molecule has 104 valence electrons. The van der Waals surface area contributed by atoms with Crippen LogP contribution in [0, 0.1) is 0 Å². The second kappa shape index (κ2) is 6.12. The molecule has 1 amide bonds. The Labute approximate surface area is 119 Å². The van der Waals surface area contributed by atoms with Gasteiger partial charge in [0.15, 0.2) is 0 Å². The van der Waals surface area contributed by atoms with Crippen LogP contribution in [0.2, 0.25) is 0 Å². The van der Waals surface area contributed by atoms with E-state index in [-0.39, 0.29) is 18.9 Å². The molecule has 3 N–H and O–H groups in total. The third-order valence-corrected chi connectivity index (χ3v) is 3.50. The van der Waals surface area contributed by atoms with E-state index in [4.69, 9.17) is 18.0 Å². The second-order valence-corrected chi connectivity index (χ2v) is 5.60. The van der Waals surface area contributed by atoms with Crippen molar-refractivity contribution >= 4 is 23.1 Å². The Morgan fingerprint density at radius 3 is 2.32 bits per heavy atom. The number of amides is 1. The molecule has 4 nitrogen and oxygen atoms in total. The highest BCUT2D eigenvalue weighted by atomic mass is 32.1. The fourth-order valence-electron chi connectivity index (χ4n) is 1.52. The Kier molecular flexibility index (Phi) is 5.03. The van der Waals surface area contributed by atoms with Gasteiger partial charge in [-0.25, -0.2) is 0 Å². The predicted octanol–water partition coefficient (Wildman–Crippen LogP) is 1.09. The standard InChI is InChI=1S/C14H20N2O2S/c1-14(2,9-17)16(3)12(18)8-10-4-6-11(7-5-10)13(15)19/h4-7,17H,8-9H2,1-3H3,(H2,15,19). The first-order valence-corrected chi connectivity index (χ1v) is 6.45. The van der Waals surface area contributed by atoms with E-state index in [0.29, 0.717) is 4.99 Å². The number of aliphatic hydroxyl groups is 1. The van der Waals surface area contributed by atoms with Gasteiger partial charge in [-0.05, 0) is 19.4 Å². The van der Waals surface area contributed by atoms with Crippen LogP contribution in [-0.4, -0.2) is 40.1 Å². The van der Waals surface area contributed by atoms with Gasteiger partial charge in [-0.1, -0.05) is 36.5 Å². The van der Waals surface area contributed by atoms with Gasteiger partial charge in [0.2, 0.25) is 5.91 Å². The number of carbonyl (C=O) groups is 1. The Morgan fingerprint density at radius 1 is 1.37 bits per heavy atom. The molecule has 0 spiro atoms. The highest BCUT2D eigenvalue weighted by Crippen LogP contribution is 2.14. The van der Waals surface area contributed by atoms with Crippen molar-refractivity contribution in [2.24, 2.45) is 5.73 Å². The maximum Gasteiger partial charge on any atom is 0.227 e. The number of thiocarbonyl (C=S) groups is 1. The molecule has 0 heterocycles. The van der Waals surface area contributed by atoms with Crippen LogP contribution in [0.25, 0.3) is 0 Å². The van der Waals surface area contributed by atoms with E-state index >= 15 is 0 Å². The smallest absolute Gasteiger partial charge is 0.227 e. The first kappa shape index (κ1) is 15.6. The normalized spacial score (nSPS) is 11.2. The number of rotatable bonds is 5. The molecule has 19 heavy (non-hydrogen) atoms. The topological polar surface area (TPSA) is 66.6 Å². The van der Waals surface area contributed by atoms with Crippen molar-refractivity contribution in [3.63, 3.8) is 0 Å². The summed E-state index contributed by atoms with van der Waals surface area (Å²) >= 11 is 4.87. The van der Waals surface area contributed by atoms with Crippen molar-refractivity contribution in [2.75, 3.05) is 13.7 Å². The van der Waals surface area contributed by atoms with Crippen molar-refractivity contribution in [3.05, 3.63) is 35.4 Å². The molecule has 0 aliphatic heterocycles. The van der Waals surface area contributed by atoms with Crippen LogP contribution in [0.15, 0.2) is 24.3 Å². The number of carbonyl (C=O) groups excluding carboxylic acids is 1. The summed E-state index contributed by atoms with van der Waals surface area (Å²) < 4.78 is 0. The van der Waals surface area contributed by atoms with E-state index in [9.17, 15) is 9.90 Å². The molecule has 0 aromatic heterocycles. The molecule has 0 radical (unpaired) electrons. The first-order chi connectivity index (χ1) is 8.77. The van der Waals surface area contributed by atoms with Crippen LogP contribution in [0.3, 0.4) is 0 Å². The Bertz CT molecular complexity index is 469. The van der Waals surface area contributed by atoms with E-state index < -0.39 is 5.54 Å². The molecule has 0 saturated carbocycles. The van der Waals surface area contributed by atoms with Gasteiger partial charge in [0, 0.05) is 12.6 Å². The highest BCUT2D eigenvalue weighted by Gasteiger charge is 2.26. The summed E-state index contributed by atoms with van der Waals surface area (Å²) in [6.45, 7) is 3.57. The van der Waals surface area contributed by atoms with Gasteiger partial charge in [0.05, 0.1) is 18.6 Å². The molecule has 0 unspecified atom stereocenters. The lowest BCUT2D eigenvalue weighted by molar-refractivity contribution is -0.135. The molecule has 0 fully saturated rings. The molecular weight excluding hydrogens is 260 g/mol. The minimum absolute atomic E-state index is 0.0397. The van der Waals surface area contributed by atoms with Gasteiger partial charge in [-0.3, -0.25) is 4.79 Å². The molecule has 0 saturated heterocycles. The Hall–Kier alpha value is -1.46. The van der Waals surface area contributed by atoms with E-state index in [1.807, 2.05) is 38.1 Å². The third-order valence-electron chi connectivity index (χ3n) is 3.26. The van der Waals surface area contributed by atoms with Gasteiger partial charge < -0.3 is 15.7 Å². The van der Waals surface area contributed by atoms with Crippen LogP contribution in [0.5, 0.6) is 0 Å². The number of hydrogen-bond acceptors (Lipinski definition) is 3. The summed E-state index contributed by atoms with van der Waals surface area (Å²) in [4.78, 5) is 14.0. The molecule has 1 rings (SSSR count). The van der Waals surface area contributed by atoms with Gasteiger partial charge in [-0.2, -0.15) is 0 Å². The van der Waals surface area contributed by atoms with Gasteiger partial charge >= 0.3 is 0 Å². The lowest BCUT2D eigenvalue weighted by Crippen LogP contribution is -2.48. The first-order valence-electron chi connectivity index (χ1n) is 6.04. The number of aliphatic hydroxyl groups excluding tert-OH is 1. The molecule has 5 heteroatoms. The minimum atomic E-state index is -0.560. The number of benzene rings is 1. The fourth-order valence-corrected chi connectivity index (χ4v) is 1.66. The molecule has 1 aromatic carbocycles. The SMILES string of the molecule is CN(C(=O)Cc1ccc(C(N)=S)cc1)C(C)(C)CO. The molecule has 1 aromatic rings. The van der Waals surface area contributed by atoms with Crippen LogP contribution < -0.4 is 5.73 Å². The number of hydrogen-bond donors (Lipinski definition) is 2. The summed E-state index contributed by atoms with van der Waals surface area (Å²) in [5.41, 5.74) is 6.64. The molecular formula is C14H20N2O2S. The second-order valence-electron chi connectivity index (χ2n) is 5.16. The van der Waals surface area contributed by atoms with Crippen molar-refractivity contribution < 1.29 is 9.90 Å². The third kappa shape index (κ3) is 4.01. The predicted molar refractivity (Wildman–Crippen MR) is 80.0 cm³/mol. The minimum Gasteiger partial charge on any atom is -0.394 e. The van der Waals surface area contributed by atoms with Crippen LogP contribution >= 0.6 is 12.2 Å². The van der Waals surface area contributed by atoms with E-state index in [1.165, 1.54) is 0 Å². The maximum atomic E-state index is 12.1. The molecule has 0 aliphatic carbocycles. The van der Waals surface area contributed by atoms with Crippen LogP contribution in [-0.2, 0) is 11.2 Å². The highest BCUT2D eigenvalue weighted by molar-refractivity contribution is 7.80. The summed E-state index contributed by atoms with van der Waals surface area (Å²) in [6.07, 6.45) is 0.289. The van der Waals surface area contributed by atoms with E-state index in [1.54, 1.807) is 11.9 Å².